The summed E-state index contributed by atoms with van der Waals surface area (Å²) in [6.45, 7) is 0. The first-order chi connectivity index (χ1) is 13.2. The Balaban J connectivity index is 1.47. The minimum Gasteiger partial charge on any atom is -0.497 e. The zero-order valence-corrected chi connectivity index (χ0v) is 16.2. The SMILES string of the molecule is COc1ccc(N=C2NC(=O)/C(=C\c3ccn(C4CCCCC4)c3)S2)cc1. The van der Waals surface area contributed by atoms with Gasteiger partial charge in [0.05, 0.1) is 17.7 Å². The summed E-state index contributed by atoms with van der Waals surface area (Å²) < 4.78 is 7.45. The molecule has 0 atom stereocenters. The third kappa shape index (κ3) is 4.27. The number of methoxy groups -OCH3 is 1. The van der Waals surface area contributed by atoms with E-state index >= 15 is 0 Å². The van der Waals surface area contributed by atoms with Gasteiger partial charge < -0.3 is 14.6 Å². The molecule has 0 bridgehead atoms. The lowest BCUT2D eigenvalue weighted by Gasteiger charge is -2.23. The summed E-state index contributed by atoms with van der Waals surface area (Å²) in [5.41, 5.74) is 1.84. The minimum atomic E-state index is -0.0994. The molecule has 0 unspecified atom stereocenters. The lowest BCUT2D eigenvalue weighted by molar-refractivity contribution is -0.115. The minimum absolute atomic E-state index is 0.0994. The van der Waals surface area contributed by atoms with Crippen LogP contribution < -0.4 is 10.1 Å². The van der Waals surface area contributed by atoms with Crippen LogP contribution in [0.2, 0.25) is 0 Å². The number of amidine groups is 1. The van der Waals surface area contributed by atoms with Crippen LogP contribution in [-0.2, 0) is 4.79 Å². The van der Waals surface area contributed by atoms with Crippen LogP contribution in [0.3, 0.4) is 0 Å². The van der Waals surface area contributed by atoms with Crippen molar-refractivity contribution < 1.29 is 9.53 Å². The lowest BCUT2D eigenvalue weighted by Crippen LogP contribution is -2.19. The Bertz CT molecular complexity index is 877. The Morgan fingerprint density at radius 3 is 2.70 bits per heavy atom. The van der Waals surface area contributed by atoms with Crippen LogP contribution in [0.4, 0.5) is 5.69 Å². The molecule has 1 saturated heterocycles. The fourth-order valence-electron chi connectivity index (χ4n) is 3.53. The second-order valence-corrected chi connectivity index (χ2v) is 7.89. The van der Waals surface area contributed by atoms with Gasteiger partial charge in [-0.25, -0.2) is 4.99 Å². The Morgan fingerprint density at radius 2 is 1.96 bits per heavy atom. The summed E-state index contributed by atoms with van der Waals surface area (Å²) in [6.07, 6.45) is 12.7. The zero-order valence-electron chi connectivity index (χ0n) is 15.4. The number of amides is 1. The third-order valence-electron chi connectivity index (χ3n) is 4.99. The van der Waals surface area contributed by atoms with E-state index in [1.54, 1.807) is 7.11 Å². The van der Waals surface area contributed by atoms with E-state index < -0.39 is 0 Å². The molecule has 1 aromatic carbocycles. The second-order valence-electron chi connectivity index (χ2n) is 6.86. The molecule has 1 aliphatic carbocycles. The van der Waals surface area contributed by atoms with Gasteiger partial charge in [-0.3, -0.25) is 4.79 Å². The van der Waals surface area contributed by atoms with E-state index in [0.717, 1.165) is 17.0 Å². The number of benzene rings is 1. The van der Waals surface area contributed by atoms with Crippen molar-refractivity contribution in [1.29, 1.82) is 0 Å². The summed E-state index contributed by atoms with van der Waals surface area (Å²) in [5, 5.41) is 3.44. The van der Waals surface area contributed by atoms with Crippen molar-refractivity contribution >= 4 is 34.6 Å². The Hall–Kier alpha value is -2.47. The van der Waals surface area contributed by atoms with Crippen molar-refractivity contribution in [3.63, 3.8) is 0 Å². The second kappa shape index (κ2) is 8.05. The lowest BCUT2D eigenvalue weighted by atomic mass is 9.95. The van der Waals surface area contributed by atoms with Gasteiger partial charge in [0.1, 0.15) is 5.75 Å². The fraction of sp³-hybridized carbons (Fsp3) is 0.333. The number of nitrogens with one attached hydrogen (secondary N) is 1. The number of nitrogens with zero attached hydrogens (tertiary/aromatic N) is 2. The molecule has 4 rings (SSSR count). The molecule has 1 aromatic heterocycles. The van der Waals surface area contributed by atoms with Crippen molar-refractivity contribution in [2.75, 3.05) is 7.11 Å². The molecule has 2 aliphatic rings. The Labute approximate surface area is 163 Å². The van der Waals surface area contributed by atoms with Crippen LogP contribution in [0.5, 0.6) is 5.75 Å². The highest BCUT2D eigenvalue weighted by molar-refractivity contribution is 8.18. The van der Waals surface area contributed by atoms with Crippen molar-refractivity contribution in [2.45, 2.75) is 38.1 Å². The summed E-state index contributed by atoms with van der Waals surface area (Å²) in [5.74, 6) is 0.683. The number of aliphatic imine (C=N–C) groups is 1. The monoisotopic (exact) mass is 381 g/mol. The van der Waals surface area contributed by atoms with Crippen molar-refractivity contribution in [1.82, 2.24) is 9.88 Å². The Kier molecular flexibility index (Phi) is 5.34. The molecule has 5 nitrogen and oxygen atoms in total. The predicted octanol–water partition coefficient (Wildman–Crippen LogP) is 4.89. The number of thioether (sulfide) groups is 1. The molecule has 1 N–H and O–H groups in total. The molecule has 140 valence electrons. The number of aromatic nitrogens is 1. The van der Waals surface area contributed by atoms with Crippen molar-refractivity contribution in [3.8, 4) is 5.75 Å². The van der Waals surface area contributed by atoms with Crippen LogP contribution in [0.1, 0.15) is 43.7 Å². The average molecular weight is 382 g/mol. The summed E-state index contributed by atoms with van der Waals surface area (Å²) in [6, 6.07) is 10.1. The highest BCUT2D eigenvalue weighted by Gasteiger charge is 2.24. The van der Waals surface area contributed by atoms with Gasteiger partial charge in [-0.05, 0) is 66.6 Å². The van der Waals surface area contributed by atoms with Gasteiger partial charge >= 0.3 is 0 Å². The molecule has 6 heteroatoms. The smallest absolute Gasteiger partial charge is 0.264 e. The molecular weight excluding hydrogens is 358 g/mol. The predicted molar refractivity (Wildman–Crippen MR) is 110 cm³/mol. The number of hydrogen-bond donors (Lipinski definition) is 1. The highest BCUT2D eigenvalue weighted by atomic mass is 32.2. The van der Waals surface area contributed by atoms with E-state index in [1.807, 2.05) is 30.3 Å². The van der Waals surface area contributed by atoms with E-state index in [4.69, 9.17) is 4.74 Å². The molecule has 1 amide bonds. The summed E-state index contributed by atoms with van der Waals surface area (Å²) in [7, 11) is 1.63. The van der Waals surface area contributed by atoms with Gasteiger partial charge in [-0.15, -0.1) is 0 Å². The first kappa shape index (κ1) is 17.9. The maximum atomic E-state index is 12.3. The molecule has 2 aromatic rings. The largest absolute Gasteiger partial charge is 0.497 e. The van der Waals surface area contributed by atoms with Crippen LogP contribution in [-0.4, -0.2) is 22.8 Å². The highest BCUT2D eigenvalue weighted by Crippen LogP contribution is 2.31. The number of carbonyl (C=O) groups excluding carboxylic acids is 1. The standard InChI is InChI=1S/C21H23N3O2S/c1-26-18-9-7-16(8-10-18)22-21-23-20(25)19(27-21)13-15-11-12-24(14-15)17-5-3-2-4-6-17/h7-14,17H,2-6H2,1H3,(H,22,23,25)/b19-13+. The quantitative estimate of drug-likeness (QED) is 0.767. The molecule has 0 spiro atoms. The van der Waals surface area contributed by atoms with Gasteiger partial charge in [-0.1, -0.05) is 19.3 Å². The van der Waals surface area contributed by atoms with E-state index in [2.05, 4.69) is 33.3 Å². The average Bonchev–Trinajstić information content (AvgIpc) is 3.30. The fourth-order valence-corrected chi connectivity index (χ4v) is 4.37. The number of rotatable bonds is 4. The molecule has 1 aliphatic heterocycles. The normalized spacial score (nSPS) is 21.0. The first-order valence-corrected chi connectivity index (χ1v) is 10.1. The van der Waals surface area contributed by atoms with Crippen LogP contribution >= 0.6 is 11.8 Å². The van der Waals surface area contributed by atoms with E-state index in [0.29, 0.717) is 16.1 Å². The van der Waals surface area contributed by atoms with E-state index in [1.165, 1.54) is 43.9 Å². The number of ether oxygens (including phenoxy) is 1. The number of carbonyl (C=O) groups is 1. The number of hydrogen-bond acceptors (Lipinski definition) is 4. The molecule has 2 fully saturated rings. The molecular formula is C21H23N3O2S. The van der Waals surface area contributed by atoms with E-state index in [-0.39, 0.29) is 5.91 Å². The topological polar surface area (TPSA) is 55.6 Å². The maximum absolute atomic E-state index is 12.3. The molecule has 27 heavy (non-hydrogen) atoms. The van der Waals surface area contributed by atoms with Crippen molar-refractivity contribution in [3.05, 3.63) is 53.2 Å². The summed E-state index contributed by atoms with van der Waals surface area (Å²) in [4.78, 5) is 17.5. The van der Waals surface area contributed by atoms with Crippen LogP contribution in [0.25, 0.3) is 6.08 Å². The van der Waals surface area contributed by atoms with Gasteiger partial charge in [0.25, 0.3) is 5.91 Å². The van der Waals surface area contributed by atoms with Gasteiger partial charge in [-0.2, -0.15) is 0 Å². The van der Waals surface area contributed by atoms with Gasteiger partial charge in [0, 0.05) is 18.4 Å². The van der Waals surface area contributed by atoms with Crippen molar-refractivity contribution in [2.24, 2.45) is 4.99 Å². The molecule has 2 heterocycles. The van der Waals surface area contributed by atoms with Crippen LogP contribution in [0, 0.1) is 0 Å². The van der Waals surface area contributed by atoms with Crippen LogP contribution in [0.15, 0.2) is 52.6 Å². The molecule has 1 saturated carbocycles. The van der Waals surface area contributed by atoms with Gasteiger partial charge in [0.15, 0.2) is 5.17 Å². The summed E-state index contributed by atoms with van der Waals surface area (Å²) >= 11 is 1.37. The Morgan fingerprint density at radius 1 is 1.19 bits per heavy atom. The zero-order chi connectivity index (χ0) is 18.6. The van der Waals surface area contributed by atoms with E-state index in [9.17, 15) is 4.79 Å². The molecule has 0 radical (unpaired) electrons. The third-order valence-corrected chi connectivity index (χ3v) is 5.90. The van der Waals surface area contributed by atoms with Gasteiger partial charge in [0.2, 0.25) is 0 Å². The first-order valence-electron chi connectivity index (χ1n) is 9.32. The maximum Gasteiger partial charge on any atom is 0.264 e.